The minimum absolute atomic E-state index is 0.00786. The van der Waals surface area contributed by atoms with Gasteiger partial charge in [0.2, 0.25) is 5.82 Å². The van der Waals surface area contributed by atoms with E-state index in [1.165, 1.54) is 26.4 Å². The van der Waals surface area contributed by atoms with E-state index in [0.29, 0.717) is 11.5 Å². The quantitative estimate of drug-likeness (QED) is 0.627. The van der Waals surface area contributed by atoms with Crippen molar-refractivity contribution in [1.29, 1.82) is 0 Å². The van der Waals surface area contributed by atoms with Gasteiger partial charge >= 0.3 is 0 Å². The van der Waals surface area contributed by atoms with Crippen LogP contribution in [0.1, 0.15) is 42.7 Å². The number of hydrogen-bond acceptors (Lipinski definition) is 2. The maximum absolute atomic E-state index is 14.3. The molecule has 1 aliphatic carbocycles. The summed E-state index contributed by atoms with van der Waals surface area (Å²) in [5.74, 6) is -1.60. The summed E-state index contributed by atoms with van der Waals surface area (Å²) < 4.78 is 51.7. The van der Waals surface area contributed by atoms with Crippen molar-refractivity contribution in [2.45, 2.75) is 31.6 Å². The number of ether oxygens (including phenoxy) is 2. The molecular formula is C22H23F3O2. The first-order valence-corrected chi connectivity index (χ1v) is 9.07. The first kappa shape index (κ1) is 19.3. The average molecular weight is 376 g/mol. The lowest BCUT2D eigenvalue weighted by Crippen LogP contribution is -2.13. The molecule has 1 aliphatic rings. The summed E-state index contributed by atoms with van der Waals surface area (Å²) in [6.45, 7) is 0. The van der Waals surface area contributed by atoms with Crippen molar-refractivity contribution in [2.75, 3.05) is 14.2 Å². The zero-order chi connectivity index (χ0) is 19.4. The fourth-order valence-corrected chi connectivity index (χ4v) is 3.68. The van der Waals surface area contributed by atoms with Gasteiger partial charge in [0.15, 0.2) is 23.1 Å². The second-order valence-electron chi connectivity index (χ2n) is 6.85. The van der Waals surface area contributed by atoms with Gasteiger partial charge in [-0.1, -0.05) is 24.3 Å². The molecular weight excluding hydrogens is 353 g/mol. The molecule has 1 fully saturated rings. The van der Waals surface area contributed by atoms with Crippen LogP contribution in [0.5, 0.6) is 11.5 Å². The predicted octanol–water partition coefficient (Wildman–Crippen LogP) is 6.11. The summed E-state index contributed by atoms with van der Waals surface area (Å²) in [6, 6.07) is 7.96. The van der Waals surface area contributed by atoms with Crippen LogP contribution in [0.2, 0.25) is 0 Å². The number of hydrogen-bond donors (Lipinski definition) is 0. The van der Waals surface area contributed by atoms with Gasteiger partial charge in [-0.25, -0.2) is 8.78 Å². The van der Waals surface area contributed by atoms with Gasteiger partial charge in [-0.2, -0.15) is 4.39 Å². The van der Waals surface area contributed by atoms with E-state index in [1.54, 1.807) is 18.2 Å². The molecule has 1 saturated carbocycles. The van der Waals surface area contributed by atoms with Crippen molar-refractivity contribution < 1.29 is 22.6 Å². The van der Waals surface area contributed by atoms with Crippen LogP contribution in [-0.4, -0.2) is 14.2 Å². The van der Waals surface area contributed by atoms with Gasteiger partial charge in [0, 0.05) is 0 Å². The second-order valence-corrected chi connectivity index (χ2v) is 6.85. The summed E-state index contributed by atoms with van der Waals surface area (Å²) in [7, 11) is 2.76. The summed E-state index contributed by atoms with van der Waals surface area (Å²) in [5, 5.41) is 0. The van der Waals surface area contributed by atoms with Gasteiger partial charge < -0.3 is 9.47 Å². The van der Waals surface area contributed by atoms with Gasteiger partial charge in [-0.15, -0.1) is 0 Å². The molecule has 0 aromatic heterocycles. The average Bonchev–Trinajstić information content (AvgIpc) is 2.69. The lowest BCUT2D eigenvalue weighted by molar-refractivity contribution is 0.350. The third kappa shape index (κ3) is 4.29. The van der Waals surface area contributed by atoms with Crippen molar-refractivity contribution in [3.63, 3.8) is 0 Å². The molecule has 144 valence electrons. The maximum Gasteiger partial charge on any atom is 0.200 e. The number of halogens is 3. The maximum atomic E-state index is 14.3. The van der Waals surface area contributed by atoms with Crippen LogP contribution in [0.3, 0.4) is 0 Å². The monoisotopic (exact) mass is 376 g/mol. The third-order valence-electron chi connectivity index (χ3n) is 5.25. The van der Waals surface area contributed by atoms with Gasteiger partial charge in [0.05, 0.1) is 14.2 Å². The molecule has 0 saturated heterocycles. The van der Waals surface area contributed by atoms with E-state index >= 15 is 0 Å². The highest BCUT2D eigenvalue weighted by molar-refractivity contribution is 5.51. The van der Waals surface area contributed by atoms with Gasteiger partial charge in [-0.05, 0) is 66.8 Å². The number of methoxy groups -OCH3 is 2. The van der Waals surface area contributed by atoms with E-state index in [2.05, 4.69) is 6.08 Å². The first-order chi connectivity index (χ1) is 13.0. The Kier molecular flexibility index (Phi) is 6.09. The zero-order valence-corrected chi connectivity index (χ0v) is 15.5. The van der Waals surface area contributed by atoms with Crippen molar-refractivity contribution in [2.24, 2.45) is 5.92 Å². The molecule has 2 aromatic carbocycles. The van der Waals surface area contributed by atoms with Crippen molar-refractivity contribution in [3.8, 4) is 11.5 Å². The van der Waals surface area contributed by atoms with Gasteiger partial charge in [-0.3, -0.25) is 0 Å². The molecule has 2 nitrogen and oxygen atoms in total. The Hall–Kier alpha value is -2.43. The third-order valence-corrected chi connectivity index (χ3v) is 5.25. The Morgan fingerprint density at radius 3 is 2.15 bits per heavy atom. The van der Waals surface area contributed by atoms with Crippen molar-refractivity contribution >= 4 is 6.08 Å². The lowest BCUT2D eigenvalue weighted by Gasteiger charge is -2.27. The molecule has 5 heteroatoms. The Morgan fingerprint density at radius 1 is 0.852 bits per heavy atom. The SMILES string of the molecule is COc1ccc(/C=C/C2CCC(c3ccc(OC)c(F)c3F)CC2)cc1F. The smallest absolute Gasteiger partial charge is 0.200 e. The van der Waals surface area contributed by atoms with E-state index in [1.807, 2.05) is 6.08 Å². The standard InChI is InChI=1S/C22H23F3O2/c1-26-19-11-7-15(13-18(19)23)4-3-14-5-8-16(9-6-14)17-10-12-20(27-2)22(25)21(17)24/h3-4,7,10-14,16H,5-6,8-9H2,1-2H3/b4-3+. The molecule has 0 aliphatic heterocycles. The fraction of sp³-hybridized carbons (Fsp3) is 0.364. The van der Waals surface area contributed by atoms with Crippen LogP contribution >= 0.6 is 0 Å². The molecule has 0 bridgehead atoms. The normalized spacial score (nSPS) is 20.0. The highest BCUT2D eigenvalue weighted by atomic mass is 19.2. The Morgan fingerprint density at radius 2 is 1.52 bits per heavy atom. The molecule has 3 rings (SSSR count). The number of benzene rings is 2. The highest BCUT2D eigenvalue weighted by Crippen LogP contribution is 2.39. The highest BCUT2D eigenvalue weighted by Gasteiger charge is 2.25. The molecule has 0 atom stereocenters. The Labute approximate surface area is 157 Å². The van der Waals surface area contributed by atoms with Crippen LogP contribution < -0.4 is 9.47 Å². The van der Waals surface area contributed by atoms with Crippen LogP contribution in [0.15, 0.2) is 36.4 Å². The Bertz CT molecular complexity index is 825. The van der Waals surface area contributed by atoms with E-state index in [0.717, 1.165) is 31.2 Å². The summed E-state index contributed by atoms with van der Waals surface area (Å²) >= 11 is 0. The number of allylic oxidation sites excluding steroid dienone is 1. The van der Waals surface area contributed by atoms with Crippen molar-refractivity contribution in [1.82, 2.24) is 0 Å². The zero-order valence-electron chi connectivity index (χ0n) is 15.5. The summed E-state index contributed by atoms with van der Waals surface area (Å²) in [6.07, 6.45) is 7.31. The molecule has 0 radical (unpaired) electrons. The van der Waals surface area contributed by atoms with Crippen LogP contribution in [0.25, 0.3) is 6.08 Å². The van der Waals surface area contributed by atoms with E-state index in [-0.39, 0.29) is 23.2 Å². The van der Waals surface area contributed by atoms with Gasteiger partial charge in [0.1, 0.15) is 0 Å². The first-order valence-electron chi connectivity index (χ1n) is 9.07. The van der Waals surface area contributed by atoms with Crippen LogP contribution in [0.4, 0.5) is 13.2 Å². The largest absolute Gasteiger partial charge is 0.494 e. The molecule has 0 heterocycles. The predicted molar refractivity (Wildman–Crippen MR) is 99.6 cm³/mol. The summed E-state index contributed by atoms with van der Waals surface area (Å²) in [4.78, 5) is 0. The second kappa shape index (κ2) is 8.51. The van der Waals surface area contributed by atoms with Gasteiger partial charge in [0.25, 0.3) is 0 Å². The molecule has 0 spiro atoms. The molecule has 0 N–H and O–H groups in total. The fourth-order valence-electron chi connectivity index (χ4n) is 3.68. The molecule has 27 heavy (non-hydrogen) atoms. The molecule has 0 unspecified atom stereocenters. The summed E-state index contributed by atoms with van der Waals surface area (Å²) in [5.41, 5.74) is 1.20. The topological polar surface area (TPSA) is 18.5 Å². The molecule has 2 aromatic rings. The van der Waals surface area contributed by atoms with E-state index < -0.39 is 11.6 Å². The van der Waals surface area contributed by atoms with E-state index in [9.17, 15) is 13.2 Å². The van der Waals surface area contributed by atoms with Crippen molar-refractivity contribution in [3.05, 3.63) is 65.0 Å². The van der Waals surface area contributed by atoms with E-state index in [4.69, 9.17) is 9.47 Å². The minimum atomic E-state index is -0.918. The lowest BCUT2D eigenvalue weighted by atomic mass is 9.78. The minimum Gasteiger partial charge on any atom is -0.494 e. The number of rotatable bonds is 5. The van der Waals surface area contributed by atoms with Crippen LogP contribution in [0, 0.1) is 23.4 Å². The van der Waals surface area contributed by atoms with Crippen LogP contribution in [-0.2, 0) is 0 Å². The molecule has 0 amide bonds. The Balaban J connectivity index is 1.62.